The van der Waals surface area contributed by atoms with Crippen molar-refractivity contribution in [2.75, 3.05) is 32.7 Å². The summed E-state index contributed by atoms with van der Waals surface area (Å²) in [6.45, 7) is 4.09. The highest BCUT2D eigenvalue weighted by Crippen LogP contribution is 2.29. The van der Waals surface area contributed by atoms with Crippen LogP contribution in [0.3, 0.4) is 0 Å². The molecule has 2 atom stereocenters. The minimum atomic E-state index is -0.0774. The van der Waals surface area contributed by atoms with E-state index in [1.165, 1.54) is 0 Å². The van der Waals surface area contributed by atoms with Gasteiger partial charge in [-0.25, -0.2) is 0 Å². The van der Waals surface area contributed by atoms with E-state index in [-0.39, 0.29) is 11.9 Å². The number of halogens is 1. The van der Waals surface area contributed by atoms with E-state index in [4.69, 9.17) is 11.6 Å². The summed E-state index contributed by atoms with van der Waals surface area (Å²) >= 11 is 6.39. The molecule has 0 bridgehead atoms. The zero-order valence-electron chi connectivity index (χ0n) is 14.7. The number of nitrogens with zero attached hydrogens (tertiary/aromatic N) is 3. The van der Waals surface area contributed by atoms with Gasteiger partial charge >= 0.3 is 0 Å². The van der Waals surface area contributed by atoms with E-state index in [0.717, 1.165) is 38.0 Å². The molecule has 0 spiro atoms. The van der Waals surface area contributed by atoms with E-state index in [0.29, 0.717) is 29.8 Å². The number of hydrogen-bond acceptors (Lipinski definition) is 4. The van der Waals surface area contributed by atoms with E-state index >= 15 is 0 Å². The van der Waals surface area contributed by atoms with Gasteiger partial charge in [0.1, 0.15) is 5.69 Å². The Morgan fingerprint density at radius 2 is 2.00 bits per heavy atom. The molecule has 138 valence electrons. The summed E-state index contributed by atoms with van der Waals surface area (Å²) < 4.78 is 1.94. The average Bonchev–Trinajstić information content (AvgIpc) is 3.19. The predicted octanol–water partition coefficient (Wildman–Crippen LogP) is 2.25. The maximum Gasteiger partial charge on any atom is 0.274 e. The largest absolute Gasteiger partial charge is 0.328 e. The van der Waals surface area contributed by atoms with Crippen LogP contribution in [0.5, 0.6) is 0 Å². The molecule has 2 aliphatic rings. The minimum Gasteiger partial charge on any atom is -0.328 e. The van der Waals surface area contributed by atoms with Gasteiger partial charge in [0.2, 0.25) is 0 Å². The van der Waals surface area contributed by atoms with Crippen LogP contribution in [0.25, 0.3) is 0 Å². The Bertz CT molecular complexity index is 771. The van der Waals surface area contributed by atoms with Crippen molar-refractivity contribution < 1.29 is 4.79 Å². The highest BCUT2D eigenvalue weighted by molar-refractivity contribution is 6.31. The van der Waals surface area contributed by atoms with E-state index < -0.39 is 0 Å². The Morgan fingerprint density at radius 3 is 2.81 bits per heavy atom. The van der Waals surface area contributed by atoms with Crippen molar-refractivity contribution in [3.63, 3.8) is 0 Å². The van der Waals surface area contributed by atoms with Gasteiger partial charge in [0.15, 0.2) is 0 Å². The molecule has 2 saturated heterocycles. The molecule has 4 rings (SSSR count). The van der Waals surface area contributed by atoms with Gasteiger partial charge in [-0.05, 0) is 37.1 Å². The van der Waals surface area contributed by atoms with Crippen LogP contribution in [0, 0.1) is 0 Å². The molecule has 0 radical (unpaired) electrons. The summed E-state index contributed by atoms with van der Waals surface area (Å²) in [5, 5.41) is 12.0. The lowest BCUT2D eigenvalue weighted by Gasteiger charge is -2.36. The molecule has 6 nitrogen and oxygen atoms in total. The van der Waals surface area contributed by atoms with E-state index in [9.17, 15) is 4.79 Å². The highest BCUT2D eigenvalue weighted by atomic mass is 35.5. The molecule has 2 N–H and O–H groups in total. The van der Waals surface area contributed by atoms with Crippen molar-refractivity contribution in [3.8, 4) is 0 Å². The molecule has 1 amide bonds. The number of carbonyl (C=O) groups excluding carboxylic acids is 1. The molecule has 2 aliphatic heterocycles. The minimum absolute atomic E-state index is 0.0288. The van der Waals surface area contributed by atoms with Gasteiger partial charge < -0.3 is 15.5 Å². The molecular formula is C19H24ClN5O. The summed E-state index contributed by atoms with van der Waals surface area (Å²) in [4.78, 5) is 15.0. The lowest BCUT2D eigenvalue weighted by Crippen LogP contribution is -2.49. The van der Waals surface area contributed by atoms with E-state index in [1.807, 2.05) is 46.1 Å². The van der Waals surface area contributed by atoms with Crippen molar-refractivity contribution >= 4 is 17.5 Å². The van der Waals surface area contributed by atoms with Crippen LogP contribution in [0.2, 0.25) is 5.02 Å². The first-order chi connectivity index (χ1) is 12.7. The zero-order valence-corrected chi connectivity index (χ0v) is 15.5. The zero-order chi connectivity index (χ0) is 17.9. The summed E-state index contributed by atoms with van der Waals surface area (Å²) in [7, 11) is 0. The normalized spacial score (nSPS) is 23.8. The number of aromatic nitrogens is 2. The standard InChI is InChI=1S/C19H24ClN5O/c20-16-6-2-1-5-15(16)18-13-22-9-11-24(18)19(26)17-7-10-25(23-17)14-4-3-8-21-12-14/h1-2,5-7,10,14,18,21-22H,3-4,8-9,11-13H2. The van der Waals surface area contributed by atoms with Gasteiger partial charge in [-0.1, -0.05) is 29.8 Å². The van der Waals surface area contributed by atoms with Gasteiger partial charge in [0.05, 0.1) is 12.1 Å². The van der Waals surface area contributed by atoms with Crippen LogP contribution < -0.4 is 10.6 Å². The molecule has 7 heteroatoms. The Labute approximate surface area is 158 Å². The number of hydrogen-bond donors (Lipinski definition) is 2. The molecule has 2 fully saturated rings. The topological polar surface area (TPSA) is 62.2 Å². The van der Waals surface area contributed by atoms with Crippen molar-refractivity contribution in [2.24, 2.45) is 0 Å². The summed E-state index contributed by atoms with van der Waals surface area (Å²) in [5.41, 5.74) is 1.49. The second kappa shape index (κ2) is 7.78. The fraction of sp³-hybridized carbons (Fsp3) is 0.474. The van der Waals surface area contributed by atoms with Crippen molar-refractivity contribution in [1.82, 2.24) is 25.3 Å². The fourth-order valence-electron chi connectivity index (χ4n) is 3.83. The first kappa shape index (κ1) is 17.5. The van der Waals surface area contributed by atoms with E-state index in [1.54, 1.807) is 0 Å². The van der Waals surface area contributed by atoms with Crippen LogP contribution in [0.1, 0.15) is 41.0 Å². The average molecular weight is 374 g/mol. The van der Waals surface area contributed by atoms with Crippen molar-refractivity contribution in [3.05, 3.63) is 52.8 Å². The predicted molar refractivity (Wildman–Crippen MR) is 101 cm³/mol. The quantitative estimate of drug-likeness (QED) is 0.866. The molecule has 3 heterocycles. The smallest absolute Gasteiger partial charge is 0.274 e. The van der Waals surface area contributed by atoms with Crippen LogP contribution in [0.4, 0.5) is 0 Å². The summed E-state index contributed by atoms with van der Waals surface area (Å²) in [6.07, 6.45) is 4.16. The number of benzene rings is 1. The third-order valence-electron chi connectivity index (χ3n) is 5.24. The molecule has 2 aromatic rings. The highest BCUT2D eigenvalue weighted by Gasteiger charge is 2.31. The number of nitrogens with one attached hydrogen (secondary N) is 2. The Kier molecular flexibility index (Phi) is 5.24. The monoisotopic (exact) mass is 373 g/mol. The number of rotatable bonds is 3. The number of carbonyl (C=O) groups is 1. The fourth-order valence-corrected chi connectivity index (χ4v) is 4.09. The molecule has 0 saturated carbocycles. The number of amides is 1. The van der Waals surface area contributed by atoms with Gasteiger partial charge in [0.25, 0.3) is 5.91 Å². The van der Waals surface area contributed by atoms with Crippen LogP contribution in [-0.2, 0) is 0 Å². The van der Waals surface area contributed by atoms with Crippen molar-refractivity contribution in [1.29, 1.82) is 0 Å². The lowest BCUT2D eigenvalue weighted by atomic mass is 10.0. The molecule has 2 unspecified atom stereocenters. The third-order valence-corrected chi connectivity index (χ3v) is 5.59. The summed E-state index contributed by atoms with van der Waals surface area (Å²) in [6, 6.07) is 9.82. The Hall–Kier alpha value is -1.89. The first-order valence-corrected chi connectivity index (χ1v) is 9.64. The maximum absolute atomic E-state index is 13.2. The van der Waals surface area contributed by atoms with Gasteiger partial charge in [-0.15, -0.1) is 0 Å². The van der Waals surface area contributed by atoms with Crippen LogP contribution in [-0.4, -0.2) is 53.3 Å². The Balaban J connectivity index is 1.56. The maximum atomic E-state index is 13.2. The molecule has 0 aliphatic carbocycles. The lowest BCUT2D eigenvalue weighted by molar-refractivity contribution is 0.0627. The van der Waals surface area contributed by atoms with Crippen molar-refractivity contribution in [2.45, 2.75) is 24.9 Å². The van der Waals surface area contributed by atoms with Crippen LogP contribution in [0.15, 0.2) is 36.5 Å². The third kappa shape index (κ3) is 3.49. The van der Waals surface area contributed by atoms with Gasteiger partial charge in [0, 0.05) is 37.4 Å². The van der Waals surface area contributed by atoms with Crippen LogP contribution >= 0.6 is 11.6 Å². The first-order valence-electron chi connectivity index (χ1n) is 9.26. The van der Waals surface area contributed by atoms with Gasteiger partial charge in [-0.2, -0.15) is 5.10 Å². The second-order valence-electron chi connectivity index (χ2n) is 6.92. The Morgan fingerprint density at radius 1 is 1.15 bits per heavy atom. The number of piperidine rings is 1. The van der Waals surface area contributed by atoms with E-state index in [2.05, 4.69) is 15.7 Å². The molecule has 1 aromatic heterocycles. The molecule has 1 aromatic carbocycles. The number of piperazine rings is 1. The summed E-state index contributed by atoms with van der Waals surface area (Å²) in [5.74, 6) is -0.0288. The second-order valence-corrected chi connectivity index (χ2v) is 7.33. The SMILES string of the molecule is O=C(c1ccn(C2CCCNC2)n1)N1CCNCC1c1ccccc1Cl. The molecule has 26 heavy (non-hydrogen) atoms. The van der Waals surface area contributed by atoms with Gasteiger partial charge in [-0.3, -0.25) is 9.48 Å². The molecular weight excluding hydrogens is 350 g/mol.